The fourth-order valence-corrected chi connectivity index (χ4v) is 7.51. The third kappa shape index (κ3) is 5.60. The lowest BCUT2D eigenvalue weighted by Gasteiger charge is -2.26. The first kappa shape index (κ1) is 17.8. The van der Waals surface area contributed by atoms with Gasteiger partial charge in [0.15, 0.2) is 0 Å². The number of benzene rings is 2. The van der Waals surface area contributed by atoms with Gasteiger partial charge in [-0.05, 0) is 42.4 Å². The van der Waals surface area contributed by atoms with Crippen LogP contribution in [0, 0.1) is 5.92 Å². The molecule has 2 rings (SSSR count). The molecule has 1 unspecified atom stereocenters. The lowest BCUT2D eigenvalue weighted by atomic mass is 10.2. The maximum absolute atomic E-state index is 3.49. The molecule has 0 aromatic heterocycles. The highest BCUT2D eigenvalue weighted by molar-refractivity contribution is 9.10. The number of hydrogen-bond acceptors (Lipinski definition) is 1. The van der Waals surface area contributed by atoms with Crippen LogP contribution in [0.3, 0.4) is 0 Å². The van der Waals surface area contributed by atoms with Crippen molar-refractivity contribution in [3.05, 3.63) is 59.1 Å². The topological polar surface area (TPSA) is 0 Å². The van der Waals surface area contributed by atoms with Crippen LogP contribution in [0.1, 0.15) is 13.3 Å². The highest BCUT2D eigenvalue weighted by Crippen LogP contribution is 2.25. The molecule has 0 radical (unpaired) electrons. The van der Waals surface area contributed by atoms with Crippen molar-refractivity contribution < 1.29 is 0 Å². The van der Waals surface area contributed by atoms with Crippen molar-refractivity contribution in [2.45, 2.75) is 37.4 Å². The van der Waals surface area contributed by atoms with Gasteiger partial charge in [0.1, 0.15) is 0 Å². The van der Waals surface area contributed by atoms with Crippen molar-refractivity contribution >= 4 is 41.0 Å². The summed E-state index contributed by atoms with van der Waals surface area (Å²) in [4.78, 5) is 1.37. The summed E-state index contributed by atoms with van der Waals surface area (Å²) >= 11 is 5.46. The van der Waals surface area contributed by atoms with Crippen LogP contribution < -0.4 is 5.19 Å². The monoisotopic (exact) mass is 392 g/mol. The summed E-state index contributed by atoms with van der Waals surface area (Å²) in [5, 5.41) is 1.59. The number of halogens is 1. The van der Waals surface area contributed by atoms with Crippen molar-refractivity contribution in [1.82, 2.24) is 0 Å². The first-order chi connectivity index (χ1) is 10.5. The van der Waals surface area contributed by atoms with E-state index in [1.54, 1.807) is 5.19 Å². The Labute approximate surface area is 148 Å². The van der Waals surface area contributed by atoms with Crippen molar-refractivity contribution in [3.63, 3.8) is 0 Å². The second kappa shape index (κ2) is 8.37. The van der Waals surface area contributed by atoms with Crippen LogP contribution in [0.15, 0.2) is 64.0 Å². The summed E-state index contributed by atoms with van der Waals surface area (Å²) in [6.45, 7) is 7.42. The standard InChI is InChI=1S/C19H25BrSSi/c1-16(13-14-21-18-11-9-17(20)10-12-18)15-22(2,3)19-7-5-4-6-8-19/h4-12,16H,13-15H2,1-3H3. The van der Waals surface area contributed by atoms with Crippen LogP contribution >= 0.6 is 27.7 Å². The highest BCUT2D eigenvalue weighted by atomic mass is 79.9. The molecule has 3 heteroatoms. The zero-order valence-electron chi connectivity index (χ0n) is 13.7. The van der Waals surface area contributed by atoms with E-state index in [1.807, 2.05) is 11.8 Å². The molecule has 22 heavy (non-hydrogen) atoms. The maximum Gasteiger partial charge on any atom is 0.0808 e. The van der Waals surface area contributed by atoms with Gasteiger partial charge in [-0.1, -0.05) is 77.5 Å². The zero-order valence-corrected chi connectivity index (χ0v) is 17.1. The molecular formula is C19H25BrSSi. The molecular weight excluding hydrogens is 368 g/mol. The second-order valence-corrected chi connectivity index (χ2v) is 13.5. The van der Waals surface area contributed by atoms with E-state index in [0.717, 1.165) is 10.4 Å². The predicted octanol–water partition coefficient (Wildman–Crippen LogP) is 6.18. The van der Waals surface area contributed by atoms with Gasteiger partial charge in [0.25, 0.3) is 0 Å². The van der Waals surface area contributed by atoms with Gasteiger partial charge >= 0.3 is 0 Å². The molecule has 2 aromatic rings. The summed E-state index contributed by atoms with van der Waals surface area (Å²) in [7, 11) is -1.29. The van der Waals surface area contributed by atoms with Crippen LogP contribution in [0.2, 0.25) is 19.1 Å². The van der Waals surface area contributed by atoms with Crippen LogP contribution in [-0.2, 0) is 0 Å². The molecule has 2 aromatic carbocycles. The van der Waals surface area contributed by atoms with Crippen molar-refractivity contribution in [1.29, 1.82) is 0 Å². The first-order valence-corrected chi connectivity index (χ1v) is 12.9. The van der Waals surface area contributed by atoms with E-state index in [0.29, 0.717) is 0 Å². The van der Waals surface area contributed by atoms with Crippen LogP contribution in [-0.4, -0.2) is 13.8 Å². The van der Waals surface area contributed by atoms with Crippen molar-refractivity contribution in [2.75, 3.05) is 5.75 Å². The average Bonchev–Trinajstić information content (AvgIpc) is 2.50. The van der Waals surface area contributed by atoms with Gasteiger partial charge in [-0.2, -0.15) is 0 Å². The summed E-state index contributed by atoms with van der Waals surface area (Å²) in [5.74, 6) is 2.01. The Hall–Kier alpha value is -0.513. The SMILES string of the molecule is CC(CCSc1ccc(Br)cc1)C[Si](C)(C)c1ccccc1. The Morgan fingerprint density at radius 2 is 1.64 bits per heavy atom. The molecule has 0 amide bonds. The summed E-state index contributed by atoms with van der Waals surface area (Å²) < 4.78 is 1.15. The fourth-order valence-electron chi connectivity index (χ4n) is 2.89. The second-order valence-electron chi connectivity index (χ2n) is 6.65. The Bertz CT molecular complexity index is 566. The molecule has 1 atom stereocenters. The molecule has 0 fully saturated rings. The molecule has 118 valence electrons. The van der Waals surface area contributed by atoms with E-state index in [-0.39, 0.29) is 0 Å². The lowest BCUT2D eigenvalue weighted by molar-refractivity contribution is 0.623. The summed E-state index contributed by atoms with van der Waals surface area (Å²) in [6, 6.07) is 21.1. The summed E-state index contributed by atoms with van der Waals surface area (Å²) in [5.41, 5.74) is 0. The van der Waals surface area contributed by atoms with Gasteiger partial charge in [0.2, 0.25) is 0 Å². The Kier molecular flexibility index (Phi) is 6.79. The quantitative estimate of drug-likeness (QED) is 0.400. The highest BCUT2D eigenvalue weighted by Gasteiger charge is 2.25. The minimum Gasteiger partial charge on any atom is -0.126 e. The minimum absolute atomic E-state index is 0.796. The van der Waals surface area contributed by atoms with Gasteiger partial charge in [0, 0.05) is 9.37 Å². The van der Waals surface area contributed by atoms with E-state index in [9.17, 15) is 0 Å². The number of thioether (sulfide) groups is 1. The molecule has 0 saturated heterocycles. The van der Waals surface area contributed by atoms with Gasteiger partial charge in [-0.15, -0.1) is 11.8 Å². The van der Waals surface area contributed by atoms with E-state index >= 15 is 0 Å². The molecule has 0 N–H and O–H groups in total. The van der Waals surface area contributed by atoms with Gasteiger partial charge in [-0.3, -0.25) is 0 Å². The lowest BCUT2D eigenvalue weighted by Crippen LogP contribution is -2.42. The largest absolute Gasteiger partial charge is 0.126 e. The minimum atomic E-state index is -1.29. The van der Waals surface area contributed by atoms with Gasteiger partial charge in [-0.25, -0.2) is 0 Å². The number of hydrogen-bond donors (Lipinski definition) is 0. The normalized spacial score (nSPS) is 13.1. The van der Waals surface area contributed by atoms with Gasteiger partial charge in [0.05, 0.1) is 8.07 Å². The predicted molar refractivity (Wildman–Crippen MR) is 107 cm³/mol. The summed E-state index contributed by atoms with van der Waals surface area (Å²) in [6.07, 6.45) is 1.30. The van der Waals surface area contributed by atoms with Gasteiger partial charge < -0.3 is 0 Å². The molecule has 0 saturated carbocycles. The van der Waals surface area contributed by atoms with Crippen LogP contribution in [0.4, 0.5) is 0 Å². The molecule has 0 aliphatic heterocycles. The van der Waals surface area contributed by atoms with Crippen LogP contribution in [0.5, 0.6) is 0 Å². The molecule has 0 nitrogen and oxygen atoms in total. The molecule has 0 bridgehead atoms. The van der Waals surface area contributed by atoms with E-state index in [1.165, 1.54) is 23.1 Å². The fraction of sp³-hybridized carbons (Fsp3) is 0.368. The van der Waals surface area contributed by atoms with E-state index in [2.05, 4.69) is 90.5 Å². The molecule has 0 heterocycles. The zero-order chi connectivity index (χ0) is 16.0. The smallest absolute Gasteiger partial charge is 0.0808 e. The number of rotatable bonds is 7. The third-order valence-electron chi connectivity index (χ3n) is 4.11. The molecule has 0 aliphatic carbocycles. The van der Waals surface area contributed by atoms with E-state index < -0.39 is 8.07 Å². The third-order valence-corrected chi connectivity index (χ3v) is 9.29. The van der Waals surface area contributed by atoms with Crippen LogP contribution in [0.25, 0.3) is 0 Å². The average molecular weight is 393 g/mol. The first-order valence-electron chi connectivity index (χ1n) is 7.91. The van der Waals surface area contributed by atoms with E-state index in [4.69, 9.17) is 0 Å². The Balaban J connectivity index is 1.80. The maximum atomic E-state index is 3.49. The molecule has 0 spiro atoms. The van der Waals surface area contributed by atoms with Crippen molar-refractivity contribution in [3.8, 4) is 0 Å². The Morgan fingerprint density at radius 1 is 1.00 bits per heavy atom. The molecule has 0 aliphatic rings. The van der Waals surface area contributed by atoms with Crippen molar-refractivity contribution in [2.24, 2.45) is 5.92 Å². The Morgan fingerprint density at radius 3 is 2.27 bits per heavy atom.